The Kier molecular flexibility index (Phi) is 4.90. The molecule has 3 aromatic carbocycles. The number of anilines is 2. The van der Waals surface area contributed by atoms with Crippen molar-refractivity contribution in [3.8, 4) is 0 Å². The first-order valence-corrected chi connectivity index (χ1v) is 10.7. The quantitative estimate of drug-likeness (QED) is 0.701. The van der Waals surface area contributed by atoms with Crippen LogP contribution in [0.5, 0.6) is 0 Å². The fourth-order valence-electron chi connectivity index (χ4n) is 4.52. The van der Waals surface area contributed by atoms with Crippen LogP contribution < -0.4 is 10.2 Å². The summed E-state index contributed by atoms with van der Waals surface area (Å²) in [5.74, 6) is -0.582. The number of rotatable bonds is 4. The molecule has 0 spiro atoms. The highest BCUT2D eigenvalue weighted by Gasteiger charge is 2.31. The van der Waals surface area contributed by atoms with E-state index in [2.05, 4.69) is 5.32 Å². The van der Waals surface area contributed by atoms with Crippen molar-refractivity contribution < 1.29 is 14.4 Å². The van der Waals surface area contributed by atoms with E-state index in [0.29, 0.717) is 16.8 Å². The predicted molar refractivity (Wildman–Crippen MR) is 120 cm³/mol. The number of carbonyl (C=O) groups excluding carboxylic acids is 3. The third-order valence-corrected chi connectivity index (χ3v) is 6.03. The molecular formula is C25H23N3O3. The van der Waals surface area contributed by atoms with Crippen molar-refractivity contribution in [3.05, 3.63) is 71.8 Å². The summed E-state index contributed by atoms with van der Waals surface area (Å²) in [4.78, 5) is 42.2. The highest BCUT2D eigenvalue weighted by atomic mass is 16.2. The van der Waals surface area contributed by atoms with Gasteiger partial charge in [-0.3, -0.25) is 19.3 Å². The van der Waals surface area contributed by atoms with Crippen LogP contribution in [0.15, 0.2) is 60.7 Å². The molecule has 1 saturated heterocycles. The number of benzene rings is 3. The largest absolute Gasteiger partial charge is 0.339 e. The lowest BCUT2D eigenvalue weighted by Gasteiger charge is -2.27. The monoisotopic (exact) mass is 413 g/mol. The van der Waals surface area contributed by atoms with E-state index >= 15 is 0 Å². The van der Waals surface area contributed by atoms with Gasteiger partial charge in [0.25, 0.3) is 11.8 Å². The van der Waals surface area contributed by atoms with Crippen LogP contribution in [0.1, 0.15) is 40.0 Å². The Hall–Kier alpha value is -3.67. The Morgan fingerprint density at radius 3 is 2.42 bits per heavy atom. The first kappa shape index (κ1) is 19.3. The Labute approximate surface area is 180 Å². The lowest BCUT2D eigenvalue weighted by molar-refractivity contribution is -0.114. The van der Waals surface area contributed by atoms with Crippen LogP contribution in [0, 0.1) is 0 Å². The second kappa shape index (κ2) is 7.87. The molecule has 0 bridgehead atoms. The third kappa shape index (κ3) is 3.44. The molecule has 0 radical (unpaired) electrons. The van der Waals surface area contributed by atoms with Gasteiger partial charge in [-0.05, 0) is 48.9 Å². The topological polar surface area (TPSA) is 69.7 Å². The predicted octanol–water partition coefficient (Wildman–Crippen LogP) is 4.06. The van der Waals surface area contributed by atoms with Crippen LogP contribution in [0.3, 0.4) is 0 Å². The summed E-state index contributed by atoms with van der Waals surface area (Å²) >= 11 is 0. The molecule has 2 aliphatic rings. The van der Waals surface area contributed by atoms with Gasteiger partial charge in [-0.25, -0.2) is 0 Å². The van der Waals surface area contributed by atoms with Gasteiger partial charge in [0.1, 0.15) is 6.54 Å². The van der Waals surface area contributed by atoms with E-state index in [1.165, 1.54) is 4.90 Å². The van der Waals surface area contributed by atoms with Crippen LogP contribution in [-0.2, 0) is 4.79 Å². The molecule has 156 valence electrons. The van der Waals surface area contributed by atoms with Crippen LogP contribution in [0.25, 0.3) is 10.8 Å². The van der Waals surface area contributed by atoms with Gasteiger partial charge in [0.2, 0.25) is 5.91 Å². The van der Waals surface area contributed by atoms with Crippen molar-refractivity contribution in [1.29, 1.82) is 0 Å². The first-order valence-electron chi connectivity index (χ1n) is 10.7. The minimum atomic E-state index is -0.336. The van der Waals surface area contributed by atoms with Crippen LogP contribution in [0.2, 0.25) is 0 Å². The van der Waals surface area contributed by atoms with E-state index in [1.54, 1.807) is 30.3 Å². The summed E-state index contributed by atoms with van der Waals surface area (Å²) in [6.45, 7) is 1.37. The first-order chi connectivity index (χ1) is 15.1. The van der Waals surface area contributed by atoms with Gasteiger partial charge in [0.05, 0.1) is 16.9 Å². The number of carbonyl (C=O) groups is 3. The van der Waals surface area contributed by atoms with Gasteiger partial charge in [-0.2, -0.15) is 0 Å². The van der Waals surface area contributed by atoms with Crippen molar-refractivity contribution in [2.24, 2.45) is 0 Å². The van der Waals surface area contributed by atoms with Crippen molar-refractivity contribution in [2.75, 3.05) is 29.9 Å². The highest BCUT2D eigenvalue weighted by molar-refractivity contribution is 6.26. The number of hydrogen-bond acceptors (Lipinski definition) is 3. The number of hydrogen-bond donors (Lipinski definition) is 1. The summed E-state index contributed by atoms with van der Waals surface area (Å²) in [7, 11) is 0. The maximum absolute atomic E-state index is 13.0. The Balaban J connectivity index is 1.36. The van der Waals surface area contributed by atoms with Crippen molar-refractivity contribution in [3.63, 3.8) is 0 Å². The van der Waals surface area contributed by atoms with E-state index in [4.69, 9.17) is 0 Å². The Morgan fingerprint density at radius 1 is 0.871 bits per heavy atom. The van der Waals surface area contributed by atoms with Crippen molar-refractivity contribution in [2.45, 2.75) is 19.3 Å². The van der Waals surface area contributed by atoms with Gasteiger partial charge in [-0.1, -0.05) is 36.4 Å². The molecule has 6 heteroatoms. The average molecular weight is 413 g/mol. The number of piperidine rings is 1. The minimum absolute atomic E-state index is 0.0648. The summed E-state index contributed by atoms with van der Waals surface area (Å²) in [6, 6.07) is 18.4. The minimum Gasteiger partial charge on any atom is -0.339 e. The fourth-order valence-corrected chi connectivity index (χ4v) is 4.52. The van der Waals surface area contributed by atoms with Crippen LogP contribution in [-0.4, -0.2) is 42.3 Å². The maximum atomic E-state index is 13.0. The Bertz CT molecular complexity index is 1190. The normalized spacial score (nSPS) is 15.4. The second-order valence-corrected chi connectivity index (χ2v) is 8.02. The van der Waals surface area contributed by atoms with E-state index in [9.17, 15) is 14.4 Å². The molecule has 0 aromatic heterocycles. The molecule has 1 fully saturated rings. The fraction of sp³-hybridized carbons (Fsp3) is 0.240. The molecular weight excluding hydrogens is 390 g/mol. The van der Waals surface area contributed by atoms with Gasteiger partial charge in [0.15, 0.2) is 0 Å². The lowest BCUT2D eigenvalue weighted by Crippen LogP contribution is -2.37. The summed E-state index contributed by atoms with van der Waals surface area (Å²) in [5, 5.41) is 4.71. The molecule has 0 saturated carbocycles. The zero-order valence-electron chi connectivity index (χ0n) is 17.1. The van der Waals surface area contributed by atoms with Gasteiger partial charge in [0, 0.05) is 24.0 Å². The molecule has 1 N–H and O–H groups in total. The molecule has 0 aliphatic carbocycles. The zero-order chi connectivity index (χ0) is 21.4. The van der Waals surface area contributed by atoms with E-state index in [0.717, 1.165) is 48.8 Å². The van der Waals surface area contributed by atoms with E-state index < -0.39 is 0 Å². The number of likely N-dealkylation sites (tertiary alicyclic amines) is 1. The van der Waals surface area contributed by atoms with Crippen LogP contribution >= 0.6 is 0 Å². The number of amides is 3. The van der Waals surface area contributed by atoms with Crippen LogP contribution in [0.4, 0.5) is 11.4 Å². The molecule has 3 aromatic rings. The molecule has 0 atom stereocenters. The second-order valence-electron chi connectivity index (χ2n) is 8.02. The van der Waals surface area contributed by atoms with Gasteiger partial charge in [-0.15, -0.1) is 0 Å². The molecule has 31 heavy (non-hydrogen) atoms. The van der Waals surface area contributed by atoms with Crippen molar-refractivity contribution in [1.82, 2.24) is 4.90 Å². The molecule has 3 amide bonds. The standard InChI is InChI=1S/C25H23N3O3/c29-22(16-28-21-13-7-9-17-8-6-11-19(23(17)21)25(28)31)26-20-12-3-2-10-18(20)24(30)27-14-4-1-5-15-27/h2-3,6-13H,1,4-5,14-16H2,(H,26,29). The van der Waals surface area contributed by atoms with Gasteiger partial charge < -0.3 is 10.2 Å². The SMILES string of the molecule is O=C(CN1C(=O)c2cccc3cccc1c23)Nc1ccccc1C(=O)N1CCCCC1. The third-order valence-electron chi connectivity index (χ3n) is 6.03. The average Bonchev–Trinajstić information content (AvgIpc) is 3.07. The zero-order valence-corrected chi connectivity index (χ0v) is 17.1. The molecule has 6 nitrogen and oxygen atoms in total. The summed E-state index contributed by atoms with van der Waals surface area (Å²) < 4.78 is 0. The summed E-state index contributed by atoms with van der Waals surface area (Å²) in [5.41, 5.74) is 2.31. The maximum Gasteiger partial charge on any atom is 0.259 e. The smallest absolute Gasteiger partial charge is 0.259 e. The number of nitrogens with zero attached hydrogens (tertiary/aromatic N) is 2. The lowest BCUT2D eigenvalue weighted by atomic mass is 10.1. The van der Waals surface area contributed by atoms with Crippen molar-refractivity contribution >= 4 is 39.9 Å². The number of nitrogens with one attached hydrogen (secondary N) is 1. The number of para-hydroxylation sites is 1. The molecule has 2 aliphatic heterocycles. The van der Waals surface area contributed by atoms with Gasteiger partial charge >= 0.3 is 0 Å². The molecule has 2 heterocycles. The van der Waals surface area contributed by atoms with E-state index in [-0.39, 0.29) is 24.3 Å². The summed E-state index contributed by atoms with van der Waals surface area (Å²) in [6.07, 6.45) is 3.15. The van der Waals surface area contributed by atoms with E-state index in [1.807, 2.05) is 35.2 Å². The Morgan fingerprint density at radius 2 is 1.61 bits per heavy atom. The molecule has 0 unspecified atom stereocenters. The highest BCUT2D eigenvalue weighted by Crippen LogP contribution is 2.37. The molecule has 5 rings (SSSR count).